The van der Waals surface area contributed by atoms with Crippen LogP contribution in [0.25, 0.3) is 0 Å². The lowest BCUT2D eigenvalue weighted by molar-refractivity contribution is 0.885. The molecule has 0 fully saturated rings. The SMILES string of the molecule is CSC1=CCCCC1=S. The molecular weight excluding hydrogens is 148 g/mol. The molecule has 2 heteroatoms. The van der Waals surface area contributed by atoms with Crippen molar-refractivity contribution >= 4 is 28.8 Å². The number of hydrogen-bond acceptors (Lipinski definition) is 2. The van der Waals surface area contributed by atoms with Gasteiger partial charge in [0.15, 0.2) is 0 Å². The largest absolute Gasteiger partial charge is 0.129 e. The fourth-order valence-corrected chi connectivity index (χ4v) is 2.02. The van der Waals surface area contributed by atoms with Crippen LogP contribution < -0.4 is 0 Å². The molecule has 1 rings (SSSR count). The van der Waals surface area contributed by atoms with Crippen LogP contribution in [0.5, 0.6) is 0 Å². The molecule has 0 bridgehead atoms. The number of hydrogen-bond donors (Lipinski definition) is 0. The molecule has 1 aliphatic carbocycles. The first-order valence-electron chi connectivity index (χ1n) is 3.12. The van der Waals surface area contributed by atoms with E-state index in [4.69, 9.17) is 12.2 Å². The maximum absolute atomic E-state index is 5.14. The zero-order valence-corrected chi connectivity index (χ0v) is 7.15. The highest BCUT2D eigenvalue weighted by molar-refractivity contribution is 8.04. The monoisotopic (exact) mass is 158 g/mol. The zero-order valence-electron chi connectivity index (χ0n) is 5.52. The Morgan fingerprint density at radius 1 is 1.67 bits per heavy atom. The van der Waals surface area contributed by atoms with Crippen molar-refractivity contribution < 1.29 is 0 Å². The number of rotatable bonds is 1. The van der Waals surface area contributed by atoms with Crippen molar-refractivity contribution in [2.45, 2.75) is 19.3 Å². The van der Waals surface area contributed by atoms with Crippen LogP contribution in [0.2, 0.25) is 0 Å². The van der Waals surface area contributed by atoms with E-state index in [0.717, 1.165) is 11.3 Å². The topological polar surface area (TPSA) is 0 Å². The van der Waals surface area contributed by atoms with Crippen LogP contribution in [0.3, 0.4) is 0 Å². The second-order valence-electron chi connectivity index (χ2n) is 2.09. The summed E-state index contributed by atoms with van der Waals surface area (Å²) in [6.45, 7) is 0. The number of thioether (sulfide) groups is 1. The highest BCUT2D eigenvalue weighted by atomic mass is 32.2. The molecule has 0 radical (unpaired) electrons. The summed E-state index contributed by atoms with van der Waals surface area (Å²) in [6.07, 6.45) is 7.93. The highest BCUT2D eigenvalue weighted by Crippen LogP contribution is 2.23. The lowest BCUT2D eigenvalue weighted by atomic mass is 10.1. The third-order valence-electron chi connectivity index (χ3n) is 1.43. The first-order chi connectivity index (χ1) is 4.34. The molecule has 0 aromatic carbocycles. The zero-order chi connectivity index (χ0) is 6.69. The van der Waals surface area contributed by atoms with Gasteiger partial charge in [0.05, 0.1) is 0 Å². The molecule has 0 heterocycles. The van der Waals surface area contributed by atoms with E-state index in [0.29, 0.717) is 0 Å². The fourth-order valence-electron chi connectivity index (χ4n) is 0.930. The van der Waals surface area contributed by atoms with Gasteiger partial charge in [-0.05, 0) is 25.5 Å². The van der Waals surface area contributed by atoms with E-state index in [1.165, 1.54) is 17.7 Å². The first kappa shape index (κ1) is 7.29. The molecule has 9 heavy (non-hydrogen) atoms. The second kappa shape index (κ2) is 3.37. The van der Waals surface area contributed by atoms with Crippen LogP contribution in [-0.2, 0) is 0 Å². The molecule has 0 atom stereocenters. The van der Waals surface area contributed by atoms with Crippen molar-refractivity contribution in [3.05, 3.63) is 11.0 Å². The summed E-state index contributed by atoms with van der Waals surface area (Å²) in [4.78, 5) is 2.49. The summed E-state index contributed by atoms with van der Waals surface area (Å²) in [7, 11) is 0. The Hall–Kier alpha value is 0.180. The molecule has 0 aliphatic heterocycles. The molecule has 50 valence electrons. The Morgan fingerprint density at radius 2 is 2.44 bits per heavy atom. The van der Waals surface area contributed by atoms with Gasteiger partial charge in [0.2, 0.25) is 0 Å². The summed E-state index contributed by atoms with van der Waals surface area (Å²) in [5.74, 6) is 0. The van der Waals surface area contributed by atoms with E-state index in [-0.39, 0.29) is 0 Å². The maximum Gasteiger partial charge on any atom is 0.0284 e. The molecular formula is C7H10S2. The third kappa shape index (κ3) is 1.80. The van der Waals surface area contributed by atoms with E-state index >= 15 is 0 Å². The summed E-state index contributed by atoms with van der Waals surface area (Å²) < 4.78 is 0. The van der Waals surface area contributed by atoms with Crippen LogP contribution in [0, 0.1) is 0 Å². The van der Waals surface area contributed by atoms with E-state index in [2.05, 4.69) is 12.3 Å². The molecule has 0 unspecified atom stereocenters. The fraction of sp³-hybridized carbons (Fsp3) is 0.571. The van der Waals surface area contributed by atoms with Gasteiger partial charge in [-0.25, -0.2) is 0 Å². The van der Waals surface area contributed by atoms with Crippen LogP contribution in [0.1, 0.15) is 19.3 Å². The summed E-state index contributed by atoms with van der Waals surface area (Å²) in [5.41, 5.74) is 0. The smallest absolute Gasteiger partial charge is 0.0284 e. The van der Waals surface area contributed by atoms with E-state index in [9.17, 15) is 0 Å². The predicted molar refractivity (Wildman–Crippen MR) is 48.0 cm³/mol. The average Bonchev–Trinajstić information content (AvgIpc) is 1.89. The average molecular weight is 158 g/mol. The molecule has 0 amide bonds. The minimum Gasteiger partial charge on any atom is -0.129 e. The molecule has 0 saturated heterocycles. The van der Waals surface area contributed by atoms with Crippen molar-refractivity contribution in [1.82, 2.24) is 0 Å². The molecule has 0 aromatic rings. The predicted octanol–water partition coefficient (Wildman–Crippen LogP) is 2.79. The Balaban J connectivity index is 2.64. The number of allylic oxidation sites excluding steroid dienone is 2. The minimum absolute atomic E-state index is 1.13. The van der Waals surface area contributed by atoms with Crippen molar-refractivity contribution in [2.24, 2.45) is 0 Å². The van der Waals surface area contributed by atoms with Gasteiger partial charge >= 0.3 is 0 Å². The van der Waals surface area contributed by atoms with Crippen molar-refractivity contribution in [3.8, 4) is 0 Å². The molecule has 0 aromatic heterocycles. The van der Waals surface area contributed by atoms with E-state index in [1.807, 2.05) is 0 Å². The summed E-state index contributed by atoms with van der Waals surface area (Å²) >= 11 is 6.91. The van der Waals surface area contributed by atoms with Crippen molar-refractivity contribution in [1.29, 1.82) is 0 Å². The van der Waals surface area contributed by atoms with E-state index in [1.54, 1.807) is 11.8 Å². The van der Waals surface area contributed by atoms with Gasteiger partial charge in [-0.1, -0.05) is 18.3 Å². The molecule has 0 saturated carbocycles. The summed E-state index contributed by atoms with van der Waals surface area (Å²) in [6, 6.07) is 0. The quantitative estimate of drug-likeness (QED) is 0.538. The van der Waals surface area contributed by atoms with Gasteiger partial charge in [-0.3, -0.25) is 0 Å². The number of thiocarbonyl (C=S) groups is 1. The van der Waals surface area contributed by atoms with Gasteiger partial charge in [-0.2, -0.15) is 0 Å². The molecule has 0 nitrogen and oxygen atoms in total. The maximum atomic E-state index is 5.14. The van der Waals surface area contributed by atoms with Gasteiger partial charge < -0.3 is 0 Å². The van der Waals surface area contributed by atoms with Gasteiger partial charge in [0.1, 0.15) is 0 Å². The van der Waals surface area contributed by atoms with Crippen LogP contribution in [-0.4, -0.2) is 11.1 Å². The summed E-state index contributed by atoms with van der Waals surface area (Å²) in [5, 5.41) is 0. The van der Waals surface area contributed by atoms with Gasteiger partial charge in [0, 0.05) is 9.77 Å². The minimum atomic E-state index is 1.13. The van der Waals surface area contributed by atoms with Crippen LogP contribution in [0.4, 0.5) is 0 Å². The third-order valence-corrected chi connectivity index (χ3v) is 2.84. The Morgan fingerprint density at radius 3 is 2.89 bits per heavy atom. The molecule has 1 aliphatic rings. The van der Waals surface area contributed by atoms with Crippen molar-refractivity contribution in [2.75, 3.05) is 6.26 Å². The first-order valence-corrected chi connectivity index (χ1v) is 4.75. The van der Waals surface area contributed by atoms with Crippen LogP contribution in [0.15, 0.2) is 11.0 Å². The molecule has 0 spiro atoms. The Labute approximate surface area is 65.7 Å². The standard InChI is InChI=1S/C7H10S2/c1-9-7-5-3-2-4-6(7)8/h5H,2-4H2,1H3. The van der Waals surface area contributed by atoms with E-state index < -0.39 is 0 Å². The second-order valence-corrected chi connectivity index (χ2v) is 3.43. The van der Waals surface area contributed by atoms with Crippen molar-refractivity contribution in [3.63, 3.8) is 0 Å². The van der Waals surface area contributed by atoms with Gasteiger partial charge in [0.25, 0.3) is 0 Å². The molecule has 0 N–H and O–H groups in total. The Kier molecular flexibility index (Phi) is 2.73. The lowest BCUT2D eigenvalue weighted by Crippen LogP contribution is -2.00. The van der Waals surface area contributed by atoms with Gasteiger partial charge in [-0.15, -0.1) is 11.8 Å². The normalized spacial score (nSPS) is 19.7. The highest BCUT2D eigenvalue weighted by Gasteiger charge is 2.06. The lowest BCUT2D eigenvalue weighted by Gasteiger charge is -2.10. The Bertz CT molecular complexity index is 147. The van der Waals surface area contributed by atoms with Crippen LogP contribution >= 0.6 is 24.0 Å².